The maximum atomic E-state index is 10.6. The van der Waals surface area contributed by atoms with E-state index in [-0.39, 0.29) is 5.69 Å². The lowest BCUT2D eigenvalue weighted by Gasteiger charge is -1.94. The van der Waals surface area contributed by atoms with Gasteiger partial charge in [-0.3, -0.25) is 10.1 Å². The monoisotopic (exact) mass is 266 g/mol. The van der Waals surface area contributed by atoms with Gasteiger partial charge in [0.2, 0.25) is 0 Å². The molecule has 3 rings (SSSR count). The van der Waals surface area contributed by atoms with Crippen LogP contribution < -0.4 is 0 Å². The second-order valence-electron chi connectivity index (χ2n) is 4.25. The van der Waals surface area contributed by atoms with Crippen LogP contribution in [-0.2, 0) is 0 Å². The summed E-state index contributed by atoms with van der Waals surface area (Å²) in [5.41, 5.74) is 2.50. The molecule has 5 heteroatoms. The molecule has 0 aliphatic heterocycles. The van der Waals surface area contributed by atoms with Crippen molar-refractivity contribution in [1.82, 2.24) is 5.16 Å². The summed E-state index contributed by atoms with van der Waals surface area (Å²) in [5.74, 6) is 0.582. The Hall–Kier alpha value is -2.95. The van der Waals surface area contributed by atoms with Crippen LogP contribution in [0, 0.1) is 10.1 Å². The van der Waals surface area contributed by atoms with Gasteiger partial charge in [0.1, 0.15) is 5.69 Å². The molecule has 0 amide bonds. The Balaban J connectivity index is 1.92. The highest BCUT2D eigenvalue weighted by atomic mass is 16.6. The van der Waals surface area contributed by atoms with Crippen LogP contribution in [0.2, 0.25) is 0 Å². The molecule has 0 radical (unpaired) electrons. The number of nitro benzene ring substituents is 1. The molecule has 0 saturated heterocycles. The van der Waals surface area contributed by atoms with Crippen LogP contribution in [0.3, 0.4) is 0 Å². The summed E-state index contributed by atoms with van der Waals surface area (Å²) < 4.78 is 5.29. The van der Waals surface area contributed by atoms with E-state index in [1.165, 1.54) is 12.1 Å². The Morgan fingerprint density at radius 3 is 2.30 bits per heavy atom. The van der Waals surface area contributed by atoms with E-state index >= 15 is 0 Å². The molecule has 0 aliphatic carbocycles. The number of hydrogen-bond donors (Lipinski definition) is 0. The van der Waals surface area contributed by atoms with E-state index in [1.54, 1.807) is 12.1 Å². The zero-order valence-corrected chi connectivity index (χ0v) is 10.4. The maximum absolute atomic E-state index is 10.6. The van der Waals surface area contributed by atoms with E-state index in [0.29, 0.717) is 5.76 Å². The van der Waals surface area contributed by atoms with E-state index in [4.69, 9.17) is 4.52 Å². The first kappa shape index (κ1) is 12.1. The average Bonchev–Trinajstić information content (AvgIpc) is 2.98. The van der Waals surface area contributed by atoms with Crippen molar-refractivity contribution in [2.24, 2.45) is 0 Å². The van der Waals surface area contributed by atoms with Gasteiger partial charge < -0.3 is 4.52 Å². The minimum absolute atomic E-state index is 0.0524. The van der Waals surface area contributed by atoms with Gasteiger partial charge in [-0.1, -0.05) is 35.5 Å². The fourth-order valence-corrected chi connectivity index (χ4v) is 1.90. The van der Waals surface area contributed by atoms with Crippen molar-refractivity contribution in [3.05, 3.63) is 70.8 Å². The van der Waals surface area contributed by atoms with Crippen molar-refractivity contribution >= 4 is 5.69 Å². The van der Waals surface area contributed by atoms with Crippen molar-refractivity contribution in [1.29, 1.82) is 0 Å². The van der Waals surface area contributed by atoms with Crippen molar-refractivity contribution in [2.45, 2.75) is 0 Å². The molecule has 0 saturated carbocycles. The van der Waals surface area contributed by atoms with Crippen LogP contribution in [0.1, 0.15) is 0 Å². The SMILES string of the molecule is O=[N+]([O-])c1ccc(-c2cc(-c3ccccc3)no2)cc1. The first-order valence-corrected chi connectivity index (χ1v) is 6.01. The third kappa shape index (κ3) is 2.29. The Labute approximate surface area is 114 Å². The van der Waals surface area contributed by atoms with Gasteiger partial charge in [0.15, 0.2) is 5.76 Å². The minimum atomic E-state index is -0.431. The summed E-state index contributed by atoms with van der Waals surface area (Å²) in [7, 11) is 0. The second-order valence-corrected chi connectivity index (χ2v) is 4.25. The molecule has 5 nitrogen and oxygen atoms in total. The molecule has 98 valence electrons. The van der Waals surface area contributed by atoms with E-state index in [2.05, 4.69) is 5.16 Å². The lowest BCUT2D eigenvalue weighted by Crippen LogP contribution is -1.86. The predicted molar refractivity (Wildman–Crippen MR) is 74.0 cm³/mol. The van der Waals surface area contributed by atoms with Crippen LogP contribution in [0.5, 0.6) is 0 Å². The minimum Gasteiger partial charge on any atom is -0.356 e. The van der Waals surface area contributed by atoms with Gasteiger partial charge in [-0.2, -0.15) is 0 Å². The topological polar surface area (TPSA) is 69.2 Å². The van der Waals surface area contributed by atoms with Gasteiger partial charge >= 0.3 is 0 Å². The molecule has 2 aromatic carbocycles. The number of aromatic nitrogens is 1. The molecule has 20 heavy (non-hydrogen) atoms. The summed E-state index contributed by atoms with van der Waals surface area (Å²) in [6.07, 6.45) is 0. The van der Waals surface area contributed by atoms with Crippen LogP contribution in [0.25, 0.3) is 22.6 Å². The van der Waals surface area contributed by atoms with Gasteiger partial charge in [-0.05, 0) is 12.1 Å². The summed E-state index contributed by atoms with van der Waals surface area (Å²) in [6.45, 7) is 0. The van der Waals surface area contributed by atoms with Crippen molar-refractivity contribution in [3.8, 4) is 22.6 Å². The normalized spacial score (nSPS) is 10.4. The molecule has 0 unspecified atom stereocenters. The lowest BCUT2D eigenvalue weighted by atomic mass is 10.1. The zero-order valence-electron chi connectivity index (χ0n) is 10.4. The molecule has 0 bridgehead atoms. The lowest BCUT2D eigenvalue weighted by molar-refractivity contribution is -0.384. The number of non-ortho nitro benzene ring substituents is 1. The van der Waals surface area contributed by atoms with E-state index in [1.807, 2.05) is 36.4 Å². The molecule has 0 atom stereocenters. The van der Waals surface area contributed by atoms with Crippen LogP contribution in [-0.4, -0.2) is 10.1 Å². The largest absolute Gasteiger partial charge is 0.356 e. The molecule has 1 heterocycles. The average molecular weight is 266 g/mol. The first-order chi connectivity index (χ1) is 9.74. The van der Waals surface area contributed by atoms with Crippen molar-refractivity contribution in [3.63, 3.8) is 0 Å². The highest BCUT2D eigenvalue weighted by Crippen LogP contribution is 2.27. The summed E-state index contributed by atoms with van der Waals surface area (Å²) in [6, 6.07) is 17.7. The number of nitrogens with zero attached hydrogens (tertiary/aromatic N) is 2. The summed E-state index contributed by atoms with van der Waals surface area (Å²) in [5, 5.41) is 14.6. The molecular weight excluding hydrogens is 256 g/mol. The van der Waals surface area contributed by atoms with Gasteiger partial charge in [-0.15, -0.1) is 0 Å². The predicted octanol–water partition coefficient (Wildman–Crippen LogP) is 3.92. The first-order valence-electron chi connectivity index (χ1n) is 6.01. The van der Waals surface area contributed by atoms with E-state index < -0.39 is 4.92 Å². The Morgan fingerprint density at radius 2 is 1.65 bits per heavy atom. The molecule has 0 aliphatic rings. The van der Waals surface area contributed by atoms with Gasteiger partial charge in [0.25, 0.3) is 5.69 Å². The van der Waals surface area contributed by atoms with E-state index in [9.17, 15) is 10.1 Å². The Bertz CT molecular complexity index is 733. The molecule has 1 aromatic heterocycles. The number of nitro groups is 1. The second kappa shape index (κ2) is 4.97. The fourth-order valence-electron chi connectivity index (χ4n) is 1.90. The van der Waals surface area contributed by atoms with Gasteiger partial charge in [0.05, 0.1) is 4.92 Å². The van der Waals surface area contributed by atoms with Crippen molar-refractivity contribution < 1.29 is 9.45 Å². The quantitative estimate of drug-likeness (QED) is 0.532. The summed E-state index contributed by atoms with van der Waals surface area (Å²) >= 11 is 0. The number of benzene rings is 2. The zero-order chi connectivity index (χ0) is 13.9. The van der Waals surface area contributed by atoms with Crippen LogP contribution in [0.15, 0.2) is 65.2 Å². The smallest absolute Gasteiger partial charge is 0.269 e. The van der Waals surface area contributed by atoms with Crippen LogP contribution >= 0.6 is 0 Å². The maximum Gasteiger partial charge on any atom is 0.269 e. The molecule has 3 aromatic rings. The van der Waals surface area contributed by atoms with Gasteiger partial charge in [-0.25, -0.2) is 0 Å². The van der Waals surface area contributed by atoms with Crippen molar-refractivity contribution in [2.75, 3.05) is 0 Å². The molecular formula is C15H10N2O3. The Morgan fingerprint density at radius 1 is 0.950 bits per heavy atom. The van der Waals surface area contributed by atoms with E-state index in [0.717, 1.165) is 16.8 Å². The number of rotatable bonds is 3. The Kier molecular flexibility index (Phi) is 3.01. The standard InChI is InChI=1S/C15H10N2O3/c18-17(19)13-8-6-12(7-9-13)15-10-14(16-20-15)11-4-2-1-3-5-11/h1-10H. The van der Waals surface area contributed by atoms with Gasteiger partial charge in [0, 0.05) is 29.3 Å². The molecule has 0 spiro atoms. The highest BCUT2D eigenvalue weighted by molar-refractivity contribution is 5.67. The third-order valence-corrected chi connectivity index (χ3v) is 2.94. The molecule has 0 fully saturated rings. The van der Waals surface area contributed by atoms with Crippen LogP contribution in [0.4, 0.5) is 5.69 Å². The number of hydrogen-bond acceptors (Lipinski definition) is 4. The third-order valence-electron chi connectivity index (χ3n) is 2.94. The molecule has 0 N–H and O–H groups in total. The summed E-state index contributed by atoms with van der Waals surface area (Å²) in [4.78, 5) is 10.2. The fraction of sp³-hybridized carbons (Fsp3) is 0. The highest BCUT2D eigenvalue weighted by Gasteiger charge is 2.10.